The molecule has 0 saturated carbocycles. The van der Waals surface area contributed by atoms with Gasteiger partial charge < -0.3 is 10.3 Å². The van der Waals surface area contributed by atoms with Crippen molar-refractivity contribution in [2.45, 2.75) is 25.3 Å². The summed E-state index contributed by atoms with van der Waals surface area (Å²) in [5.74, 6) is 2.13. The number of H-pyrrole nitrogens is 1. The molecule has 2 N–H and O–H groups in total. The molecule has 4 rings (SSSR count). The summed E-state index contributed by atoms with van der Waals surface area (Å²) < 4.78 is 0. The lowest BCUT2D eigenvalue weighted by Crippen LogP contribution is -2.33. The van der Waals surface area contributed by atoms with E-state index in [1.54, 1.807) is 17.7 Å². The molecule has 3 aromatic rings. The van der Waals surface area contributed by atoms with Crippen LogP contribution in [0, 0.1) is 0 Å². The van der Waals surface area contributed by atoms with Crippen molar-refractivity contribution in [3.63, 3.8) is 0 Å². The van der Waals surface area contributed by atoms with Crippen molar-refractivity contribution >= 4 is 28.3 Å². The van der Waals surface area contributed by atoms with Gasteiger partial charge in [-0.15, -0.1) is 11.3 Å². The highest BCUT2D eigenvalue weighted by atomic mass is 32.1. The van der Waals surface area contributed by atoms with E-state index >= 15 is 0 Å². The SMILES string of the molecule is CNc1nc(C2CCN(Cc3cscn3)CC2)nc2nc[nH]c12. The maximum absolute atomic E-state index is 4.69. The summed E-state index contributed by atoms with van der Waals surface area (Å²) >= 11 is 1.66. The number of hydrogen-bond acceptors (Lipinski definition) is 7. The van der Waals surface area contributed by atoms with Crippen molar-refractivity contribution in [2.75, 3.05) is 25.5 Å². The first-order chi connectivity index (χ1) is 11.3. The Morgan fingerprint density at radius 3 is 2.91 bits per heavy atom. The maximum Gasteiger partial charge on any atom is 0.183 e. The Morgan fingerprint density at radius 2 is 2.17 bits per heavy atom. The molecule has 120 valence electrons. The molecule has 23 heavy (non-hydrogen) atoms. The molecule has 0 bridgehead atoms. The smallest absolute Gasteiger partial charge is 0.183 e. The number of thiazole rings is 1. The standard InChI is InChI=1S/C15H19N7S/c1-16-14-12-15(18-8-17-12)21-13(20-14)10-2-4-22(5-3-10)6-11-7-23-9-19-11/h7-10H,2-6H2,1H3,(H2,16,17,18,20,21). The van der Waals surface area contributed by atoms with Crippen LogP contribution in [0.5, 0.6) is 0 Å². The van der Waals surface area contributed by atoms with Gasteiger partial charge in [0, 0.05) is 24.9 Å². The van der Waals surface area contributed by atoms with Crippen LogP contribution < -0.4 is 5.32 Å². The number of imidazole rings is 1. The van der Waals surface area contributed by atoms with Gasteiger partial charge in [-0.25, -0.2) is 19.9 Å². The summed E-state index contributed by atoms with van der Waals surface area (Å²) in [6, 6.07) is 0. The minimum atomic E-state index is 0.398. The Labute approximate surface area is 138 Å². The molecule has 0 unspecified atom stereocenters. The van der Waals surface area contributed by atoms with Crippen molar-refractivity contribution in [2.24, 2.45) is 0 Å². The molecule has 0 radical (unpaired) electrons. The monoisotopic (exact) mass is 329 g/mol. The zero-order valence-corrected chi connectivity index (χ0v) is 13.8. The van der Waals surface area contributed by atoms with Crippen LogP contribution in [-0.2, 0) is 6.54 Å². The van der Waals surface area contributed by atoms with Crippen molar-refractivity contribution < 1.29 is 0 Å². The fourth-order valence-corrected chi connectivity index (χ4v) is 3.66. The predicted molar refractivity (Wildman–Crippen MR) is 90.6 cm³/mol. The molecule has 1 aliphatic heterocycles. The second-order valence-corrected chi connectivity index (χ2v) is 6.53. The van der Waals surface area contributed by atoms with Crippen LogP contribution in [0.1, 0.15) is 30.3 Å². The molecule has 7 nitrogen and oxygen atoms in total. The summed E-state index contributed by atoms with van der Waals surface area (Å²) in [4.78, 5) is 23.5. The number of hydrogen-bond donors (Lipinski definition) is 2. The van der Waals surface area contributed by atoms with Crippen LogP contribution in [0.2, 0.25) is 0 Å². The minimum Gasteiger partial charge on any atom is -0.371 e. The van der Waals surface area contributed by atoms with E-state index in [-0.39, 0.29) is 0 Å². The number of likely N-dealkylation sites (tertiary alicyclic amines) is 1. The van der Waals surface area contributed by atoms with Crippen molar-refractivity contribution in [3.8, 4) is 0 Å². The van der Waals surface area contributed by atoms with Gasteiger partial charge in [0.2, 0.25) is 0 Å². The van der Waals surface area contributed by atoms with E-state index in [2.05, 4.69) is 35.5 Å². The van der Waals surface area contributed by atoms with Gasteiger partial charge in [-0.1, -0.05) is 0 Å². The van der Waals surface area contributed by atoms with Gasteiger partial charge in [0.25, 0.3) is 0 Å². The van der Waals surface area contributed by atoms with Crippen LogP contribution in [0.4, 0.5) is 5.82 Å². The fraction of sp³-hybridized carbons (Fsp3) is 0.467. The zero-order valence-electron chi connectivity index (χ0n) is 13.0. The Hall–Kier alpha value is -2.06. The molecule has 1 saturated heterocycles. The average Bonchev–Trinajstić information content (AvgIpc) is 3.25. The predicted octanol–water partition coefficient (Wildman–Crippen LogP) is 2.23. The second kappa shape index (κ2) is 6.21. The van der Waals surface area contributed by atoms with Gasteiger partial charge in [0.1, 0.15) is 11.3 Å². The quantitative estimate of drug-likeness (QED) is 0.764. The lowest BCUT2D eigenvalue weighted by molar-refractivity contribution is 0.200. The molecule has 0 spiro atoms. The molecular weight excluding hydrogens is 310 g/mol. The average molecular weight is 329 g/mol. The summed E-state index contributed by atoms with van der Waals surface area (Å²) in [7, 11) is 1.88. The first-order valence-electron chi connectivity index (χ1n) is 7.81. The molecule has 8 heteroatoms. The highest BCUT2D eigenvalue weighted by Crippen LogP contribution is 2.28. The summed E-state index contributed by atoms with van der Waals surface area (Å²) in [5.41, 5.74) is 4.68. The number of aromatic nitrogens is 5. The van der Waals surface area contributed by atoms with E-state index < -0.39 is 0 Å². The zero-order chi connectivity index (χ0) is 15.6. The number of piperidine rings is 1. The van der Waals surface area contributed by atoms with Crippen molar-refractivity contribution in [3.05, 3.63) is 28.7 Å². The Bertz CT molecular complexity index is 774. The van der Waals surface area contributed by atoms with Crippen molar-refractivity contribution in [1.82, 2.24) is 29.8 Å². The van der Waals surface area contributed by atoms with E-state index in [4.69, 9.17) is 4.98 Å². The number of aromatic amines is 1. The van der Waals surface area contributed by atoms with Crippen LogP contribution >= 0.6 is 11.3 Å². The molecule has 0 aliphatic carbocycles. The third-order valence-corrected chi connectivity index (χ3v) is 5.00. The summed E-state index contributed by atoms with van der Waals surface area (Å²) in [6.45, 7) is 3.05. The molecule has 0 atom stereocenters. The Kier molecular flexibility index (Phi) is 3.92. The largest absolute Gasteiger partial charge is 0.371 e. The van der Waals surface area contributed by atoms with E-state index in [1.165, 1.54) is 5.69 Å². The van der Waals surface area contributed by atoms with Gasteiger partial charge in [0.05, 0.1) is 17.5 Å². The third kappa shape index (κ3) is 2.91. The van der Waals surface area contributed by atoms with E-state index in [0.29, 0.717) is 5.92 Å². The first kappa shape index (κ1) is 14.5. The summed E-state index contributed by atoms with van der Waals surface area (Å²) in [5, 5.41) is 5.26. The number of rotatable bonds is 4. The Balaban J connectivity index is 1.47. The van der Waals surface area contributed by atoms with E-state index in [1.807, 2.05) is 12.6 Å². The second-order valence-electron chi connectivity index (χ2n) is 5.81. The fourth-order valence-electron chi connectivity index (χ4n) is 3.11. The van der Waals surface area contributed by atoms with E-state index in [9.17, 15) is 0 Å². The topological polar surface area (TPSA) is 82.6 Å². The van der Waals surface area contributed by atoms with E-state index in [0.717, 1.165) is 55.3 Å². The maximum atomic E-state index is 4.69. The normalized spacial score (nSPS) is 16.9. The minimum absolute atomic E-state index is 0.398. The number of nitrogens with zero attached hydrogens (tertiary/aromatic N) is 5. The van der Waals surface area contributed by atoms with Crippen molar-refractivity contribution in [1.29, 1.82) is 0 Å². The highest BCUT2D eigenvalue weighted by molar-refractivity contribution is 7.07. The van der Waals surface area contributed by atoms with Gasteiger partial charge >= 0.3 is 0 Å². The van der Waals surface area contributed by atoms with Gasteiger partial charge in [-0.05, 0) is 25.9 Å². The molecule has 4 heterocycles. The third-order valence-electron chi connectivity index (χ3n) is 4.36. The highest BCUT2D eigenvalue weighted by Gasteiger charge is 2.24. The first-order valence-corrected chi connectivity index (χ1v) is 8.76. The molecule has 0 amide bonds. The van der Waals surface area contributed by atoms with Crippen LogP contribution in [0.15, 0.2) is 17.2 Å². The molecule has 3 aromatic heterocycles. The van der Waals surface area contributed by atoms with Crippen LogP contribution in [-0.4, -0.2) is 50.0 Å². The molecule has 0 aromatic carbocycles. The van der Waals surface area contributed by atoms with Gasteiger partial charge in [-0.3, -0.25) is 4.90 Å². The van der Waals surface area contributed by atoms with Crippen LogP contribution in [0.25, 0.3) is 11.2 Å². The molecular formula is C15H19N7S. The van der Waals surface area contributed by atoms with Gasteiger partial charge in [0.15, 0.2) is 11.5 Å². The molecule has 1 aliphatic rings. The lowest BCUT2D eigenvalue weighted by atomic mass is 9.96. The summed E-state index contributed by atoms with van der Waals surface area (Å²) in [6.07, 6.45) is 3.81. The Morgan fingerprint density at radius 1 is 1.30 bits per heavy atom. The number of fused-ring (bicyclic) bond motifs is 1. The van der Waals surface area contributed by atoms with Crippen LogP contribution in [0.3, 0.4) is 0 Å². The number of nitrogens with one attached hydrogen (secondary N) is 2. The number of anilines is 1. The molecule has 1 fully saturated rings. The van der Waals surface area contributed by atoms with Gasteiger partial charge in [-0.2, -0.15) is 0 Å². The lowest BCUT2D eigenvalue weighted by Gasteiger charge is -2.30.